The highest BCUT2D eigenvalue weighted by Gasteiger charge is 3.10. The molecule has 2 spiro atoms. The third kappa shape index (κ3) is 2.08. The van der Waals surface area contributed by atoms with Crippen molar-refractivity contribution in [1.29, 1.82) is 0 Å². The summed E-state index contributed by atoms with van der Waals surface area (Å²) >= 11 is 0. The van der Waals surface area contributed by atoms with Crippen molar-refractivity contribution in [3.63, 3.8) is 0 Å². The standard InChI is InChI=1S/C25H22F4NO4/c1-30(2)18-9-13(10-23(18)19-20-25(19,34-20)21(23)30)33-22(31)24(32,14-5-3-11(26)7-16(14)28)15-6-4-12(27)8-17(15)29/h3-8,13,18-21,32H,9-10H2,1-2H3/q+1. The zero-order chi connectivity index (χ0) is 24.0. The molecule has 34 heavy (non-hydrogen) atoms. The number of aliphatic hydroxyl groups is 1. The van der Waals surface area contributed by atoms with Crippen LogP contribution in [-0.2, 0) is 19.9 Å². The number of likely N-dealkylation sites (tertiary alicyclic amines) is 1. The van der Waals surface area contributed by atoms with Gasteiger partial charge in [-0.15, -0.1) is 0 Å². The van der Waals surface area contributed by atoms with Crippen molar-refractivity contribution in [2.24, 2.45) is 11.3 Å². The van der Waals surface area contributed by atoms with Crippen LogP contribution in [0.25, 0.3) is 0 Å². The zero-order valence-corrected chi connectivity index (χ0v) is 18.4. The molecule has 5 aliphatic rings. The number of hydrogen-bond donors (Lipinski definition) is 1. The quantitative estimate of drug-likeness (QED) is 0.319. The molecule has 0 bridgehead atoms. The van der Waals surface area contributed by atoms with Crippen molar-refractivity contribution < 1.29 is 41.4 Å². The summed E-state index contributed by atoms with van der Waals surface area (Å²) in [5.74, 6) is -5.17. The predicted octanol–water partition coefficient (Wildman–Crippen LogP) is 2.78. The number of hydrogen-bond acceptors (Lipinski definition) is 4. The van der Waals surface area contributed by atoms with Crippen LogP contribution in [0, 0.1) is 34.6 Å². The maximum atomic E-state index is 14.8. The Hall–Kier alpha value is -2.49. The van der Waals surface area contributed by atoms with Gasteiger partial charge in [-0.1, -0.05) is 0 Å². The molecule has 5 fully saturated rings. The maximum absolute atomic E-state index is 14.8. The molecule has 0 radical (unpaired) electrons. The van der Waals surface area contributed by atoms with Crippen LogP contribution < -0.4 is 0 Å². The molecule has 0 amide bonds. The lowest BCUT2D eigenvalue weighted by atomic mass is 9.50. The van der Waals surface area contributed by atoms with Crippen LogP contribution in [0.1, 0.15) is 24.0 Å². The van der Waals surface area contributed by atoms with Crippen molar-refractivity contribution in [1.82, 2.24) is 0 Å². The summed E-state index contributed by atoms with van der Waals surface area (Å²) in [5.41, 5.74) is -4.25. The first kappa shape index (κ1) is 20.8. The average molecular weight is 476 g/mol. The first-order valence-electron chi connectivity index (χ1n) is 11.3. The van der Waals surface area contributed by atoms with E-state index < -0.39 is 52.1 Å². The molecule has 1 N–H and O–H groups in total. The average Bonchev–Trinajstić information content (AvgIpc) is 3.53. The topological polar surface area (TPSA) is 59.1 Å². The number of halogens is 4. The molecule has 2 aromatic rings. The van der Waals surface area contributed by atoms with E-state index in [0.29, 0.717) is 36.9 Å². The van der Waals surface area contributed by atoms with E-state index in [1.165, 1.54) is 0 Å². The lowest BCUT2D eigenvalue weighted by molar-refractivity contribution is -1.02. The highest BCUT2D eigenvalue weighted by atomic mass is 19.1. The molecule has 178 valence electrons. The Labute approximate surface area is 192 Å². The number of likely N-dealkylation sites (N-methyl/N-ethyl adjacent to an activating group) is 1. The first-order chi connectivity index (χ1) is 16.0. The van der Waals surface area contributed by atoms with Crippen LogP contribution in [0.4, 0.5) is 17.6 Å². The summed E-state index contributed by atoms with van der Waals surface area (Å²) < 4.78 is 68.9. The largest absolute Gasteiger partial charge is 0.459 e. The monoisotopic (exact) mass is 476 g/mol. The molecule has 5 nitrogen and oxygen atoms in total. The van der Waals surface area contributed by atoms with Crippen LogP contribution >= 0.6 is 0 Å². The molecule has 3 aliphatic carbocycles. The van der Waals surface area contributed by atoms with Crippen LogP contribution in [-0.4, -0.2) is 59.5 Å². The highest BCUT2D eigenvalue weighted by molar-refractivity contribution is 5.86. The number of esters is 1. The molecule has 2 heterocycles. The van der Waals surface area contributed by atoms with Gasteiger partial charge in [0.2, 0.25) is 5.60 Å². The number of ether oxygens (including phenoxy) is 2. The molecule has 7 unspecified atom stereocenters. The molecule has 2 aliphatic heterocycles. The number of epoxide rings is 1. The van der Waals surface area contributed by atoms with Gasteiger partial charge in [0.25, 0.3) is 0 Å². The second-order valence-electron chi connectivity index (χ2n) is 11.0. The van der Waals surface area contributed by atoms with Gasteiger partial charge in [0.1, 0.15) is 47.6 Å². The molecule has 2 aromatic carbocycles. The van der Waals surface area contributed by atoms with Gasteiger partial charge in [0, 0.05) is 42.0 Å². The second-order valence-corrected chi connectivity index (χ2v) is 11.0. The maximum Gasteiger partial charge on any atom is 0.348 e. The van der Waals surface area contributed by atoms with E-state index in [1.807, 2.05) is 0 Å². The number of carbonyl (C=O) groups excluding carboxylic acids is 1. The van der Waals surface area contributed by atoms with Crippen LogP contribution in [0.3, 0.4) is 0 Å². The van der Waals surface area contributed by atoms with Gasteiger partial charge in [-0.05, 0) is 24.3 Å². The minimum atomic E-state index is -2.93. The number of nitrogens with zero attached hydrogens (tertiary/aromatic N) is 1. The third-order valence-corrected chi connectivity index (χ3v) is 9.28. The number of piperidine rings is 1. The van der Waals surface area contributed by atoms with Crippen molar-refractivity contribution in [3.05, 3.63) is 70.8 Å². The third-order valence-electron chi connectivity index (χ3n) is 9.28. The summed E-state index contributed by atoms with van der Waals surface area (Å²) in [7, 11) is 4.27. The van der Waals surface area contributed by atoms with Gasteiger partial charge in [-0.3, -0.25) is 0 Å². The number of quaternary nitrogens is 1. The van der Waals surface area contributed by atoms with Crippen LogP contribution in [0.5, 0.6) is 0 Å². The van der Waals surface area contributed by atoms with Gasteiger partial charge < -0.3 is 19.1 Å². The SMILES string of the molecule is C[N+]1(C)C2CC(OC(=O)C(O)(c3ccc(F)cc3F)c3ccc(F)cc3F)CC23C2C4OC42C31. The van der Waals surface area contributed by atoms with E-state index >= 15 is 0 Å². The molecule has 2 saturated heterocycles. The Morgan fingerprint density at radius 2 is 1.68 bits per heavy atom. The van der Waals surface area contributed by atoms with Gasteiger partial charge >= 0.3 is 5.97 Å². The van der Waals surface area contributed by atoms with Gasteiger partial charge in [0.15, 0.2) is 5.60 Å². The smallest absolute Gasteiger partial charge is 0.348 e. The summed E-state index contributed by atoms with van der Waals surface area (Å²) in [6.45, 7) is 0. The Bertz CT molecular complexity index is 1250. The second kappa shape index (κ2) is 5.83. The first-order valence-corrected chi connectivity index (χ1v) is 11.3. The van der Waals surface area contributed by atoms with E-state index in [-0.39, 0.29) is 23.2 Å². The van der Waals surface area contributed by atoms with Crippen molar-refractivity contribution >= 4 is 5.97 Å². The fourth-order valence-electron chi connectivity index (χ4n) is 8.29. The number of benzene rings is 2. The Morgan fingerprint density at radius 3 is 2.21 bits per heavy atom. The summed E-state index contributed by atoms with van der Waals surface area (Å²) in [6, 6.07) is 5.02. The molecule has 9 heteroatoms. The molecule has 7 rings (SSSR count). The predicted molar refractivity (Wildman–Crippen MR) is 108 cm³/mol. The molecule has 0 aromatic heterocycles. The lowest BCUT2D eigenvalue weighted by Crippen LogP contribution is -2.87. The van der Waals surface area contributed by atoms with Crippen LogP contribution in [0.15, 0.2) is 36.4 Å². The lowest BCUT2D eigenvalue weighted by Gasteiger charge is -2.71. The fourth-order valence-corrected chi connectivity index (χ4v) is 8.29. The molecular weight excluding hydrogens is 454 g/mol. The number of carbonyl (C=O) groups is 1. The Kier molecular flexibility index (Phi) is 3.57. The van der Waals surface area contributed by atoms with E-state index in [0.717, 1.165) is 28.7 Å². The molecular formula is C25H22F4NO4+. The van der Waals surface area contributed by atoms with E-state index in [2.05, 4.69) is 14.1 Å². The number of rotatable bonds is 4. The number of fused-ring (bicyclic) bond motifs is 1. The fraction of sp³-hybridized carbons (Fsp3) is 0.480. The minimum absolute atomic E-state index is 0.00584. The normalized spacial score (nSPS) is 39.6. The van der Waals surface area contributed by atoms with Crippen molar-refractivity contribution in [2.75, 3.05) is 14.1 Å². The van der Waals surface area contributed by atoms with E-state index in [9.17, 15) is 27.5 Å². The van der Waals surface area contributed by atoms with Gasteiger partial charge in [0.05, 0.1) is 19.5 Å². The Morgan fingerprint density at radius 1 is 1.09 bits per heavy atom. The van der Waals surface area contributed by atoms with Crippen LogP contribution in [0.2, 0.25) is 0 Å². The summed E-state index contributed by atoms with van der Waals surface area (Å²) in [4.78, 5) is 13.4. The zero-order valence-electron chi connectivity index (χ0n) is 18.4. The summed E-state index contributed by atoms with van der Waals surface area (Å²) in [5, 5.41) is 11.5. The van der Waals surface area contributed by atoms with E-state index in [1.54, 1.807) is 0 Å². The molecule has 7 atom stereocenters. The Balaban J connectivity index is 1.23. The van der Waals surface area contributed by atoms with Crippen molar-refractivity contribution in [3.8, 4) is 0 Å². The van der Waals surface area contributed by atoms with Gasteiger partial charge in [-0.2, -0.15) is 0 Å². The molecule has 3 saturated carbocycles. The highest BCUT2D eigenvalue weighted by Crippen LogP contribution is 2.93. The van der Waals surface area contributed by atoms with E-state index in [4.69, 9.17) is 9.47 Å². The van der Waals surface area contributed by atoms with Crippen molar-refractivity contribution in [2.45, 2.75) is 48.3 Å². The summed E-state index contributed by atoms with van der Waals surface area (Å²) in [6.07, 6.45) is 0.877. The minimum Gasteiger partial charge on any atom is -0.459 e. The van der Waals surface area contributed by atoms with Gasteiger partial charge in [-0.25, -0.2) is 22.4 Å².